The smallest absolute Gasteiger partial charge is 0.226 e. The fourth-order valence-electron chi connectivity index (χ4n) is 4.87. The normalized spacial score (nSPS) is 20.7. The molecule has 1 unspecified atom stereocenters. The Morgan fingerprint density at radius 2 is 1.84 bits per heavy atom. The minimum Gasteiger partial charge on any atom is -0.497 e. The number of aryl methyl sites for hydroxylation is 1. The SMILES string of the molecule is COc1ccc(CCC(=O)N2CCCC(c3nnc4n3CCN(C(=O)C3CC3)C4)C2)cc1. The summed E-state index contributed by atoms with van der Waals surface area (Å²) >= 11 is 0. The molecular weight excluding hydrogens is 406 g/mol. The van der Waals surface area contributed by atoms with Crippen molar-refractivity contribution < 1.29 is 14.3 Å². The fraction of sp³-hybridized carbons (Fsp3) is 0.583. The number of hydrogen-bond acceptors (Lipinski definition) is 5. The Balaban J connectivity index is 1.19. The lowest BCUT2D eigenvalue weighted by Crippen LogP contribution is -2.42. The van der Waals surface area contributed by atoms with E-state index in [9.17, 15) is 9.59 Å². The van der Waals surface area contributed by atoms with Crippen molar-refractivity contribution in [1.82, 2.24) is 24.6 Å². The number of hydrogen-bond donors (Lipinski definition) is 0. The molecule has 1 atom stereocenters. The Labute approximate surface area is 188 Å². The van der Waals surface area contributed by atoms with Crippen LogP contribution in [0.4, 0.5) is 0 Å². The number of aromatic nitrogens is 3. The van der Waals surface area contributed by atoms with Crippen molar-refractivity contribution in [3.8, 4) is 5.75 Å². The highest BCUT2D eigenvalue weighted by atomic mass is 16.5. The highest BCUT2D eigenvalue weighted by Crippen LogP contribution is 2.33. The van der Waals surface area contributed by atoms with Gasteiger partial charge >= 0.3 is 0 Å². The molecule has 1 aliphatic carbocycles. The van der Waals surface area contributed by atoms with Crippen LogP contribution in [0.3, 0.4) is 0 Å². The summed E-state index contributed by atoms with van der Waals surface area (Å²) in [6.45, 7) is 3.54. The van der Waals surface area contributed by atoms with Crippen molar-refractivity contribution in [2.75, 3.05) is 26.7 Å². The first kappa shape index (κ1) is 21.0. The van der Waals surface area contributed by atoms with E-state index in [1.54, 1.807) is 7.11 Å². The van der Waals surface area contributed by atoms with Crippen molar-refractivity contribution in [2.45, 2.75) is 57.5 Å². The van der Waals surface area contributed by atoms with E-state index in [0.717, 1.165) is 74.7 Å². The lowest BCUT2D eigenvalue weighted by Gasteiger charge is -2.34. The quantitative estimate of drug-likeness (QED) is 0.693. The van der Waals surface area contributed by atoms with Crippen molar-refractivity contribution >= 4 is 11.8 Å². The second-order valence-corrected chi connectivity index (χ2v) is 9.19. The molecule has 5 rings (SSSR count). The summed E-state index contributed by atoms with van der Waals surface area (Å²) in [4.78, 5) is 29.2. The Kier molecular flexibility index (Phi) is 5.85. The summed E-state index contributed by atoms with van der Waals surface area (Å²) in [5.41, 5.74) is 1.14. The largest absolute Gasteiger partial charge is 0.497 e. The van der Waals surface area contributed by atoms with Crippen LogP contribution in [-0.4, -0.2) is 63.1 Å². The predicted octanol–water partition coefficient (Wildman–Crippen LogP) is 2.38. The number of carbonyl (C=O) groups is 2. The summed E-state index contributed by atoms with van der Waals surface area (Å²) in [5, 5.41) is 8.91. The fourth-order valence-corrected chi connectivity index (χ4v) is 4.87. The van der Waals surface area contributed by atoms with Gasteiger partial charge in [0.2, 0.25) is 11.8 Å². The monoisotopic (exact) mass is 437 g/mol. The van der Waals surface area contributed by atoms with Gasteiger partial charge in [-0.15, -0.1) is 10.2 Å². The Bertz CT molecular complexity index is 982. The first-order valence-corrected chi connectivity index (χ1v) is 11.7. The molecule has 0 N–H and O–H groups in total. The lowest BCUT2D eigenvalue weighted by molar-refractivity contribution is -0.134. The summed E-state index contributed by atoms with van der Waals surface area (Å²) in [6.07, 6.45) is 5.29. The molecule has 2 aromatic rings. The predicted molar refractivity (Wildman–Crippen MR) is 118 cm³/mol. The molecule has 3 aliphatic rings. The van der Waals surface area contributed by atoms with Gasteiger partial charge in [0, 0.05) is 44.4 Å². The number of piperidine rings is 1. The van der Waals surface area contributed by atoms with Gasteiger partial charge in [0.05, 0.1) is 13.7 Å². The number of methoxy groups -OCH3 is 1. The zero-order valence-electron chi connectivity index (χ0n) is 18.7. The molecule has 1 aromatic heterocycles. The van der Waals surface area contributed by atoms with Crippen LogP contribution < -0.4 is 4.74 Å². The third-order valence-electron chi connectivity index (χ3n) is 6.95. The zero-order valence-corrected chi connectivity index (χ0v) is 18.7. The summed E-state index contributed by atoms with van der Waals surface area (Å²) in [5.74, 6) is 3.60. The van der Waals surface area contributed by atoms with Gasteiger partial charge in [0.25, 0.3) is 0 Å². The molecule has 3 heterocycles. The van der Waals surface area contributed by atoms with E-state index in [1.807, 2.05) is 34.1 Å². The first-order chi connectivity index (χ1) is 15.6. The number of carbonyl (C=O) groups excluding carboxylic acids is 2. The summed E-state index contributed by atoms with van der Waals surface area (Å²) < 4.78 is 7.39. The standard InChI is InChI=1S/C24H31N5O3/c1-32-20-9-4-17(5-10-20)6-11-22(30)27-12-2-3-19(15-27)23-26-25-21-16-28(13-14-29(21)23)24(31)18-7-8-18/h4-5,9-10,18-19H,2-3,6-8,11-16H2,1H3. The van der Waals surface area contributed by atoms with Gasteiger partial charge in [-0.05, 0) is 49.8 Å². The van der Waals surface area contributed by atoms with Gasteiger partial charge in [0.15, 0.2) is 5.82 Å². The zero-order chi connectivity index (χ0) is 22.1. The van der Waals surface area contributed by atoms with Gasteiger partial charge < -0.3 is 19.1 Å². The van der Waals surface area contributed by atoms with Gasteiger partial charge in [-0.1, -0.05) is 12.1 Å². The van der Waals surface area contributed by atoms with Gasteiger partial charge in [0.1, 0.15) is 11.6 Å². The molecule has 0 bridgehead atoms. The average molecular weight is 438 g/mol. The highest BCUT2D eigenvalue weighted by molar-refractivity contribution is 5.81. The van der Waals surface area contributed by atoms with Crippen molar-refractivity contribution in [2.24, 2.45) is 5.92 Å². The molecule has 0 radical (unpaired) electrons. The first-order valence-electron chi connectivity index (χ1n) is 11.7. The van der Waals surface area contributed by atoms with Crippen LogP contribution in [0.2, 0.25) is 0 Å². The number of nitrogens with zero attached hydrogens (tertiary/aromatic N) is 5. The lowest BCUT2D eigenvalue weighted by atomic mass is 9.96. The van der Waals surface area contributed by atoms with Crippen molar-refractivity contribution in [3.63, 3.8) is 0 Å². The van der Waals surface area contributed by atoms with E-state index in [0.29, 0.717) is 19.5 Å². The molecule has 170 valence electrons. The molecule has 2 amide bonds. The van der Waals surface area contributed by atoms with Gasteiger partial charge in [-0.25, -0.2) is 0 Å². The molecule has 1 saturated carbocycles. The maximum absolute atomic E-state index is 12.9. The molecule has 1 saturated heterocycles. The Morgan fingerprint density at radius 1 is 1.03 bits per heavy atom. The minimum atomic E-state index is 0.199. The topological polar surface area (TPSA) is 80.6 Å². The van der Waals surface area contributed by atoms with Crippen molar-refractivity contribution in [3.05, 3.63) is 41.5 Å². The molecule has 8 nitrogen and oxygen atoms in total. The van der Waals surface area contributed by atoms with Gasteiger partial charge in [-0.2, -0.15) is 0 Å². The van der Waals surface area contributed by atoms with Crippen LogP contribution in [0.5, 0.6) is 5.75 Å². The number of fused-ring (bicyclic) bond motifs is 1. The number of benzene rings is 1. The molecule has 2 fully saturated rings. The second kappa shape index (κ2) is 8.92. The second-order valence-electron chi connectivity index (χ2n) is 9.19. The molecule has 1 aromatic carbocycles. The van der Waals surface area contributed by atoms with E-state index >= 15 is 0 Å². The number of likely N-dealkylation sites (tertiary alicyclic amines) is 1. The van der Waals surface area contributed by atoms with Crippen LogP contribution in [0, 0.1) is 5.92 Å². The van der Waals surface area contributed by atoms with Crippen LogP contribution in [0.15, 0.2) is 24.3 Å². The van der Waals surface area contributed by atoms with Gasteiger partial charge in [-0.3, -0.25) is 9.59 Å². The third-order valence-corrected chi connectivity index (χ3v) is 6.95. The number of amides is 2. The molecular formula is C24H31N5O3. The van der Waals surface area contributed by atoms with Crippen LogP contribution in [0.1, 0.15) is 55.2 Å². The summed E-state index contributed by atoms with van der Waals surface area (Å²) in [7, 11) is 1.65. The minimum absolute atomic E-state index is 0.199. The maximum atomic E-state index is 12.9. The Morgan fingerprint density at radius 3 is 2.59 bits per heavy atom. The molecule has 8 heteroatoms. The third kappa shape index (κ3) is 4.36. The van der Waals surface area contributed by atoms with Crippen LogP contribution >= 0.6 is 0 Å². The maximum Gasteiger partial charge on any atom is 0.226 e. The highest BCUT2D eigenvalue weighted by Gasteiger charge is 2.36. The van der Waals surface area contributed by atoms with E-state index < -0.39 is 0 Å². The molecule has 0 spiro atoms. The molecule has 32 heavy (non-hydrogen) atoms. The van der Waals surface area contributed by atoms with E-state index in [-0.39, 0.29) is 23.7 Å². The summed E-state index contributed by atoms with van der Waals surface area (Å²) in [6, 6.07) is 7.91. The van der Waals surface area contributed by atoms with E-state index in [2.05, 4.69) is 14.8 Å². The van der Waals surface area contributed by atoms with Crippen LogP contribution in [-0.2, 0) is 29.1 Å². The molecule has 2 aliphatic heterocycles. The van der Waals surface area contributed by atoms with E-state index in [4.69, 9.17) is 4.74 Å². The van der Waals surface area contributed by atoms with Crippen molar-refractivity contribution in [1.29, 1.82) is 0 Å². The average Bonchev–Trinajstić information content (AvgIpc) is 3.61. The van der Waals surface area contributed by atoms with E-state index in [1.165, 1.54) is 0 Å². The Hall–Kier alpha value is -2.90. The van der Waals surface area contributed by atoms with Crippen LogP contribution in [0.25, 0.3) is 0 Å². The number of rotatable bonds is 6. The number of ether oxygens (including phenoxy) is 1.